The summed E-state index contributed by atoms with van der Waals surface area (Å²) in [5, 5.41) is 6.74. The summed E-state index contributed by atoms with van der Waals surface area (Å²) in [4.78, 5) is 0. The lowest BCUT2D eigenvalue weighted by Crippen LogP contribution is -2.25. The van der Waals surface area contributed by atoms with Gasteiger partial charge < -0.3 is 10.6 Å². The first-order valence-corrected chi connectivity index (χ1v) is 4.23. The molecule has 2 N–H and O–H groups in total. The van der Waals surface area contributed by atoms with Crippen molar-refractivity contribution in [3.8, 4) is 0 Å². The average molecular weight is 140 g/mol. The largest absolute Gasteiger partial charge is 0.319 e. The molecule has 0 bridgehead atoms. The maximum Gasteiger partial charge on any atom is 0.00116 e. The van der Waals surface area contributed by atoms with Crippen LogP contribution in [0.4, 0.5) is 0 Å². The molecule has 2 rings (SSSR count). The van der Waals surface area contributed by atoms with E-state index in [1.165, 1.54) is 32.5 Å². The van der Waals surface area contributed by atoms with Gasteiger partial charge in [-0.25, -0.2) is 0 Å². The van der Waals surface area contributed by atoms with Crippen LogP contribution >= 0.6 is 0 Å². The summed E-state index contributed by atoms with van der Waals surface area (Å²) in [6.45, 7) is 3.72. The first kappa shape index (κ1) is 6.62. The summed E-state index contributed by atoms with van der Waals surface area (Å²) in [6.07, 6.45) is 2.93. The van der Waals surface area contributed by atoms with Crippen LogP contribution in [-0.2, 0) is 0 Å². The van der Waals surface area contributed by atoms with E-state index in [1.54, 1.807) is 0 Å². The number of nitrogens with one attached hydrogen (secondary N) is 2. The molecule has 0 aromatic carbocycles. The Morgan fingerprint density at radius 2 is 2.40 bits per heavy atom. The van der Waals surface area contributed by atoms with Crippen LogP contribution in [0.3, 0.4) is 0 Å². The maximum absolute atomic E-state index is 3.47. The molecular formula is C8H16N2. The van der Waals surface area contributed by atoms with Gasteiger partial charge in [-0.1, -0.05) is 0 Å². The Balaban J connectivity index is 1.94. The van der Waals surface area contributed by atoms with Crippen molar-refractivity contribution in [2.45, 2.75) is 12.8 Å². The van der Waals surface area contributed by atoms with Gasteiger partial charge in [0.05, 0.1) is 0 Å². The van der Waals surface area contributed by atoms with Gasteiger partial charge in [0, 0.05) is 6.54 Å². The van der Waals surface area contributed by atoms with Crippen LogP contribution in [0, 0.1) is 11.3 Å². The summed E-state index contributed by atoms with van der Waals surface area (Å²) in [7, 11) is 2.05. The van der Waals surface area contributed by atoms with Crippen LogP contribution in [0.25, 0.3) is 0 Å². The number of rotatable bonds is 2. The zero-order valence-electron chi connectivity index (χ0n) is 6.61. The van der Waals surface area contributed by atoms with E-state index in [0.29, 0.717) is 0 Å². The minimum Gasteiger partial charge on any atom is -0.319 e. The van der Waals surface area contributed by atoms with Crippen LogP contribution in [0.1, 0.15) is 12.8 Å². The molecule has 1 unspecified atom stereocenters. The molecule has 2 nitrogen and oxygen atoms in total. The third-order valence-electron chi connectivity index (χ3n) is 3.08. The van der Waals surface area contributed by atoms with Crippen molar-refractivity contribution in [1.29, 1.82) is 0 Å². The van der Waals surface area contributed by atoms with Gasteiger partial charge in [0.15, 0.2) is 0 Å². The Hall–Kier alpha value is -0.0800. The van der Waals surface area contributed by atoms with Crippen LogP contribution < -0.4 is 10.6 Å². The normalized spacial score (nSPS) is 35.1. The molecular weight excluding hydrogens is 124 g/mol. The molecule has 1 aliphatic heterocycles. The van der Waals surface area contributed by atoms with Crippen molar-refractivity contribution in [2.24, 2.45) is 11.3 Å². The predicted octanol–water partition coefficient (Wildman–Crippen LogP) is 0.205. The van der Waals surface area contributed by atoms with Crippen molar-refractivity contribution >= 4 is 0 Å². The summed E-state index contributed by atoms with van der Waals surface area (Å²) in [5.41, 5.74) is 0.739. The molecule has 58 valence electrons. The second kappa shape index (κ2) is 2.21. The minimum atomic E-state index is 0.739. The smallest absolute Gasteiger partial charge is 0.00116 e. The lowest BCUT2D eigenvalue weighted by molar-refractivity contribution is 0.386. The lowest BCUT2D eigenvalue weighted by atomic mass is 9.93. The Labute approximate surface area is 62.4 Å². The Morgan fingerprint density at radius 3 is 3.00 bits per heavy atom. The molecule has 1 atom stereocenters. The van der Waals surface area contributed by atoms with Crippen LogP contribution in [0.5, 0.6) is 0 Å². The standard InChI is InChI=1S/C8H16N2/c1-9-4-7-5-10-6-8(7)2-3-8/h7,9-10H,2-6H2,1H3. The Bertz CT molecular complexity index is 129. The zero-order valence-corrected chi connectivity index (χ0v) is 6.61. The fraction of sp³-hybridized carbons (Fsp3) is 1.00. The summed E-state index contributed by atoms with van der Waals surface area (Å²) >= 11 is 0. The highest BCUT2D eigenvalue weighted by molar-refractivity contribution is 5.05. The summed E-state index contributed by atoms with van der Waals surface area (Å²) in [6, 6.07) is 0. The van der Waals surface area contributed by atoms with E-state index in [4.69, 9.17) is 0 Å². The molecule has 1 saturated heterocycles. The Morgan fingerprint density at radius 1 is 1.60 bits per heavy atom. The van der Waals surface area contributed by atoms with Crippen molar-refractivity contribution in [1.82, 2.24) is 10.6 Å². The fourth-order valence-electron chi connectivity index (χ4n) is 2.14. The second-order valence-corrected chi connectivity index (χ2v) is 3.75. The molecule has 2 fully saturated rings. The maximum atomic E-state index is 3.47. The van der Waals surface area contributed by atoms with Crippen molar-refractivity contribution in [3.05, 3.63) is 0 Å². The van der Waals surface area contributed by atoms with Crippen molar-refractivity contribution < 1.29 is 0 Å². The monoisotopic (exact) mass is 140 g/mol. The highest BCUT2D eigenvalue weighted by atomic mass is 15.0. The fourth-order valence-corrected chi connectivity index (χ4v) is 2.14. The SMILES string of the molecule is CNCC1CNCC12CC2. The van der Waals surface area contributed by atoms with Gasteiger partial charge in [-0.2, -0.15) is 0 Å². The van der Waals surface area contributed by atoms with E-state index in [-0.39, 0.29) is 0 Å². The lowest BCUT2D eigenvalue weighted by Gasteiger charge is -2.15. The quantitative estimate of drug-likeness (QED) is 0.573. The van der Waals surface area contributed by atoms with E-state index in [9.17, 15) is 0 Å². The molecule has 2 aliphatic rings. The van der Waals surface area contributed by atoms with Crippen LogP contribution in [0.2, 0.25) is 0 Å². The number of hydrogen-bond acceptors (Lipinski definition) is 2. The molecule has 0 aromatic rings. The van der Waals surface area contributed by atoms with E-state index in [2.05, 4.69) is 17.7 Å². The summed E-state index contributed by atoms with van der Waals surface area (Å²) < 4.78 is 0. The van der Waals surface area contributed by atoms with E-state index < -0.39 is 0 Å². The Kier molecular flexibility index (Phi) is 1.46. The first-order chi connectivity index (χ1) is 4.87. The molecule has 0 aromatic heterocycles. The van der Waals surface area contributed by atoms with Gasteiger partial charge in [-0.3, -0.25) is 0 Å². The van der Waals surface area contributed by atoms with E-state index in [0.717, 1.165) is 11.3 Å². The predicted molar refractivity (Wildman–Crippen MR) is 42.0 cm³/mol. The molecule has 1 aliphatic carbocycles. The van der Waals surface area contributed by atoms with Crippen molar-refractivity contribution in [2.75, 3.05) is 26.7 Å². The molecule has 0 amide bonds. The first-order valence-electron chi connectivity index (χ1n) is 4.23. The van der Waals surface area contributed by atoms with Crippen LogP contribution in [-0.4, -0.2) is 26.7 Å². The minimum absolute atomic E-state index is 0.739. The average Bonchev–Trinajstić information content (AvgIpc) is 2.57. The van der Waals surface area contributed by atoms with Gasteiger partial charge in [0.25, 0.3) is 0 Å². The van der Waals surface area contributed by atoms with E-state index >= 15 is 0 Å². The van der Waals surface area contributed by atoms with Gasteiger partial charge in [0.2, 0.25) is 0 Å². The van der Waals surface area contributed by atoms with E-state index in [1.807, 2.05) is 0 Å². The van der Waals surface area contributed by atoms with Gasteiger partial charge >= 0.3 is 0 Å². The van der Waals surface area contributed by atoms with Gasteiger partial charge in [-0.15, -0.1) is 0 Å². The summed E-state index contributed by atoms with van der Waals surface area (Å²) in [5.74, 6) is 0.914. The van der Waals surface area contributed by atoms with Gasteiger partial charge in [0.1, 0.15) is 0 Å². The highest BCUT2D eigenvalue weighted by Gasteiger charge is 2.51. The molecule has 10 heavy (non-hydrogen) atoms. The molecule has 1 heterocycles. The van der Waals surface area contributed by atoms with Crippen molar-refractivity contribution in [3.63, 3.8) is 0 Å². The second-order valence-electron chi connectivity index (χ2n) is 3.75. The third kappa shape index (κ3) is 0.867. The van der Waals surface area contributed by atoms with Crippen LogP contribution in [0.15, 0.2) is 0 Å². The zero-order chi connectivity index (χ0) is 7.03. The molecule has 1 saturated carbocycles. The molecule has 0 radical (unpaired) electrons. The highest BCUT2D eigenvalue weighted by Crippen LogP contribution is 2.53. The molecule has 2 heteroatoms. The van der Waals surface area contributed by atoms with Gasteiger partial charge in [-0.05, 0) is 44.3 Å². The molecule has 1 spiro atoms. The third-order valence-corrected chi connectivity index (χ3v) is 3.08. The number of hydrogen-bond donors (Lipinski definition) is 2. The topological polar surface area (TPSA) is 24.1 Å².